The Hall–Kier alpha value is -0.940. The maximum Gasteiger partial charge on any atom is 0.157 e. The minimum absolute atomic E-state index is 0.0335. The van der Waals surface area contributed by atoms with Crippen molar-refractivity contribution in [3.05, 3.63) is 35.9 Å². The Labute approximate surface area is 120 Å². The summed E-state index contributed by atoms with van der Waals surface area (Å²) in [5.41, 5.74) is 0.982. The van der Waals surface area contributed by atoms with Gasteiger partial charge in [0.1, 0.15) is 6.10 Å². The van der Waals surface area contributed by atoms with Gasteiger partial charge in [-0.3, -0.25) is 0 Å². The van der Waals surface area contributed by atoms with E-state index in [-0.39, 0.29) is 25.1 Å². The van der Waals surface area contributed by atoms with Gasteiger partial charge in [-0.15, -0.1) is 0 Å². The fraction of sp³-hybridized carbons (Fsp3) is 0.625. The molecule has 0 amide bonds. The number of aliphatic hydroxyl groups excluding tert-OH is 1. The predicted molar refractivity (Wildman–Crippen MR) is 76.4 cm³/mol. The van der Waals surface area contributed by atoms with E-state index in [1.54, 1.807) is 0 Å². The molecule has 0 aliphatic carbocycles. The third-order valence-electron chi connectivity index (χ3n) is 3.39. The molecule has 1 aromatic rings. The molecule has 0 bridgehead atoms. The molecule has 1 heterocycles. The lowest BCUT2D eigenvalue weighted by atomic mass is 10.1. The number of aliphatic hydroxyl groups is 1. The van der Waals surface area contributed by atoms with Crippen LogP contribution in [-0.4, -0.2) is 37.3 Å². The molecular formula is C16H24O4. The number of ether oxygens (including phenoxy) is 3. The highest BCUT2D eigenvalue weighted by Crippen LogP contribution is 2.19. The summed E-state index contributed by atoms with van der Waals surface area (Å²) >= 11 is 0. The summed E-state index contributed by atoms with van der Waals surface area (Å²) in [7, 11) is 0. The van der Waals surface area contributed by atoms with Crippen LogP contribution in [0, 0.1) is 0 Å². The zero-order valence-corrected chi connectivity index (χ0v) is 12.0. The van der Waals surface area contributed by atoms with E-state index in [1.807, 2.05) is 37.3 Å². The van der Waals surface area contributed by atoms with Crippen LogP contribution in [0.5, 0.6) is 0 Å². The van der Waals surface area contributed by atoms with Crippen LogP contribution in [0.4, 0.5) is 0 Å². The molecular weight excluding hydrogens is 256 g/mol. The van der Waals surface area contributed by atoms with Crippen LogP contribution in [-0.2, 0) is 14.2 Å². The second kappa shape index (κ2) is 8.37. The van der Waals surface area contributed by atoms with Crippen molar-refractivity contribution in [2.24, 2.45) is 0 Å². The number of benzene rings is 1. The van der Waals surface area contributed by atoms with Crippen molar-refractivity contribution >= 4 is 0 Å². The highest BCUT2D eigenvalue weighted by atomic mass is 16.7. The minimum Gasteiger partial charge on any atom is -0.393 e. The first kappa shape index (κ1) is 15.4. The lowest BCUT2D eigenvalue weighted by Crippen LogP contribution is -2.28. The lowest BCUT2D eigenvalue weighted by Gasteiger charge is -2.26. The molecule has 20 heavy (non-hydrogen) atoms. The summed E-state index contributed by atoms with van der Waals surface area (Å²) in [5.74, 6) is 0. The quantitative estimate of drug-likeness (QED) is 0.834. The molecule has 0 saturated carbocycles. The fourth-order valence-electron chi connectivity index (χ4n) is 2.30. The third-order valence-corrected chi connectivity index (χ3v) is 3.39. The molecule has 1 aromatic carbocycles. The predicted octanol–water partition coefficient (Wildman–Crippen LogP) is 2.67. The van der Waals surface area contributed by atoms with Gasteiger partial charge >= 0.3 is 0 Å². The maximum atomic E-state index is 9.45. The SMILES string of the molecule is C[C@@H](COC1CCCCO1)O[C@@H](CO)c1ccccc1. The number of hydrogen-bond donors (Lipinski definition) is 1. The molecule has 1 N–H and O–H groups in total. The van der Waals surface area contributed by atoms with Crippen molar-refractivity contribution in [2.45, 2.75) is 44.7 Å². The van der Waals surface area contributed by atoms with Crippen LogP contribution in [0.1, 0.15) is 37.9 Å². The topological polar surface area (TPSA) is 47.9 Å². The molecule has 1 fully saturated rings. The summed E-state index contributed by atoms with van der Waals surface area (Å²) in [4.78, 5) is 0. The number of hydrogen-bond acceptors (Lipinski definition) is 4. The van der Waals surface area contributed by atoms with E-state index in [0.717, 1.165) is 31.4 Å². The van der Waals surface area contributed by atoms with Crippen molar-refractivity contribution < 1.29 is 19.3 Å². The molecule has 3 atom stereocenters. The van der Waals surface area contributed by atoms with E-state index in [2.05, 4.69) is 0 Å². The first-order valence-corrected chi connectivity index (χ1v) is 7.34. The Kier molecular flexibility index (Phi) is 6.47. The van der Waals surface area contributed by atoms with Crippen LogP contribution in [0.25, 0.3) is 0 Å². The first-order chi connectivity index (χ1) is 9.79. The summed E-state index contributed by atoms with van der Waals surface area (Å²) in [6, 6.07) is 9.75. The van der Waals surface area contributed by atoms with Gasteiger partial charge < -0.3 is 19.3 Å². The highest BCUT2D eigenvalue weighted by Gasteiger charge is 2.18. The average molecular weight is 280 g/mol. The molecule has 0 aromatic heterocycles. The largest absolute Gasteiger partial charge is 0.393 e. The van der Waals surface area contributed by atoms with Crippen LogP contribution in [0.15, 0.2) is 30.3 Å². The molecule has 4 nitrogen and oxygen atoms in total. The lowest BCUT2D eigenvalue weighted by molar-refractivity contribution is -0.184. The monoisotopic (exact) mass is 280 g/mol. The smallest absolute Gasteiger partial charge is 0.157 e. The van der Waals surface area contributed by atoms with Crippen molar-refractivity contribution in [1.29, 1.82) is 0 Å². The summed E-state index contributed by atoms with van der Waals surface area (Å²) in [5, 5.41) is 9.45. The maximum absolute atomic E-state index is 9.45. The Bertz CT molecular complexity index is 362. The Morgan fingerprint density at radius 1 is 1.30 bits per heavy atom. The Morgan fingerprint density at radius 2 is 2.10 bits per heavy atom. The van der Waals surface area contributed by atoms with Crippen LogP contribution in [0.2, 0.25) is 0 Å². The standard InChI is InChI=1S/C16H24O4/c1-13(12-19-16-9-5-6-10-18-16)20-15(11-17)14-7-3-2-4-8-14/h2-4,7-8,13,15-17H,5-6,9-12H2,1H3/t13-,15-,16?/m0/s1. The van der Waals surface area contributed by atoms with Gasteiger partial charge in [0, 0.05) is 6.61 Å². The van der Waals surface area contributed by atoms with Crippen molar-refractivity contribution in [2.75, 3.05) is 19.8 Å². The van der Waals surface area contributed by atoms with Crippen molar-refractivity contribution in [3.63, 3.8) is 0 Å². The van der Waals surface area contributed by atoms with Crippen LogP contribution in [0.3, 0.4) is 0 Å². The zero-order valence-electron chi connectivity index (χ0n) is 12.0. The summed E-state index contributed by atoms with van der Waals surface area (Å²) in [6.07, 6.45) is 2.74. The molecule has 0 radical (unpaired) electrons. The van der Waals surface area contributed by atoms with Gasteiger partial charge in [0.25, 0.3) is 0 Å². The average Bonchev–Trinajstić information content (AvgIpc) is 2.52. The van der Waals surface area contributed by atoms with E-state index in [0.29, 0.717) is 6.61 Å². The molecule has 1 unspecified atom stereocenters. The van der Waals surface area contributed by atoms with Gasteiger partial charge in [-0.25, -0.2) is 0 Å². The van der Waals surface area contributed by atoms with E-state index in [1.165, 1.54) is 0 Å². The number of rotatable bonds is 7. The van der Waals surface area contributed by atoms with E-state index >= 15 is 0 Å². The van der Waals surface area contributed by atoms with Gasteiger partial charge in [-0.2, -0.15) is 0 Å². The van der Waals surface area contributed by atoms with E-state index < -0.39 is 0 Å². The van der Waals surface area contributed by atoms with E-state index in [4.69, 9.17) is 14.2 Å². The fourth-order valence-corrected chi connectivity index (χ4v) is 2.30. The second-order valence-corrected chi connectivity index (χ2v) is 5.16. The van der Waals surface area contributed by atoms with Gasteiger partial charge in [-0.1, -0.05) is 30.3 Å². The minimum atomic E-state index is -0.304. The Morgan fingerprint density at radius 3 is 2.75 bits per heavy atom. The molecule has 2 rings (SSSR count). The molecule has 1 aliphatic heterocycles. The molecule has 1 aliphatic rings. The first-order valence-electron chi connectivity index (χ1n) is 7.34. The van der Waals surface area contributed by atoms with Gasteiger partial charge in [0.05, 0.1) is 19.3 Å². The zero-order chi connectivity index (χ0) is 14.2. The highest BCUT2D eigenvalue weighted by molar-refractivity contribution is 5.17. The second-order valence-electron chi connectivity index (χ2n) is 5.16. The van der Waals surface area contributed by atoms with Gasteiger partial charge in [0.15, 0.2) is 6.29 Å². The van der Waals surface area contributed by atoms with E-state index in [9.17, 15) is 5.11 Å². The molecule has 1 saturated heterocycles. The van der Waals surface area contributed by atoms with Crippen LogP contribution >= 0.6 is 0 Å². The molecule has 0 spiro atoms. The van der Waals surface area contributed by atoms with Gasteiger partial charge in [0.2, 0.25) is 0 Å². The normalized spacial score (nSPS) is 22.4. The molecule has 4 heteroatoms. The summed E-state index contributed by atoms with van der Waals surface area (Å²) < 4.78 is 17.1. The third kappa shape index (κ3) is 4.87. The van der Waals surface area contributed by atoms with Gasteiger partial charge in [-0.05, 0) is 31.7 Å². The summed E-state index contributed by atoms with van der Waals surface area (Å²) in [6.45, 7) is 3.18. The van der Waals surface area contributed by atoms with Crippen molar-refractivity contribution in [1.82, 2.24) is 0 Å². The van der Waals surface area contributed by atoms with Crippen LogP contribution < -0.4 is 0 Å². The van der Waals surface area contributed by atoms with Crippen molar-refractivity contribution in [3.8, 4) is 0 Å². The Balaban J connectivity index is 1.75. The molecule has 112 valence electrons.